The summed E-state index contributed by atoms with van der Waals surface area (Å²) >= 11 is 10.00. The zero-order valence-corrected chi connectivity index (χ0v) is 13.9. The maximum Gasteiger partial charge on any atom is 0.142 e. The van der Waals surface area contributed by atoms with Gasteiger partial charge in [-0.15, -0.1) is 0 Å². The van der Waals surface area contributed by atoms with Gasteiger partial charge >= 0.3 is 0 Å². The minimum absolute atomic E-state index is 0.322. The van der Waals surface area contributed by atoms with Crippen molar-refractivity contribution in [2.24, 2.45) is 5.73 Å². The average molecular weight is 438 g/mol. The molecule has 5 heteroatoms. The van der Waals surface area contributed by atoms with Crippen molar-refractivity contribution in [1.29, 1.82) is 0 Å². The van der Waals surface area contributed by atoms with Crippen molar-refractivity contribution in [3.05, 3.63) is 66.8 Å². The largest absolute Gasteiger partial charge is 0.320 e. The number of halogens is 4. The molecule has 2 aromatic carbocycles. The second kappa shape index (κ2) is 5.82. The Morgan fingerprint density at radius 2 is 1.67 bits per heavy atom. The second-order valence-electron chi connectivity index (χ2n) is 3.79. The molecule has 0 aromatic heterocycles. The van der Waals surface area contributed by atoms with Crippen LogP contribution in [0.2, 0.25) is 0 Å². The van der Waals surface area contributed by atoms with Crippen molar-refractivity contribution in [2.75, 3.05) is 0 Å². The summed E-state index contributed by atoms with van der Waals surface area (Å²) in [4.78, 5) is 0. The van der Waals surface area contributed by atoms with Gasteiger partial charge in [0.15, 0.2) is 0 Å². The maximum atomic E-state index is 14.0. The minimum atomic E-state index is -0.519. The van der Waals surface area contributed by atoms with Crippen LogP contribution in [0.15, 0.2) is 49.8 Å². The first kappa shape index (κ1) is 14.2. The Kier molecular flexibility index (Phi) is 4.59. The fourth-order valence-corrected chi connectivity index (χ4v) is 2.93. The summed E-state index contributed by atoms with van der Waals surface area (Å²) in [6.07, 6.45) is 0. The first-order valence-electron chi connectivity index (χ1n) is 5.15. The SMILES string of the molecule is NC(c1cc(Br)ccc1Br)c1cccc(Br)c1F. The van der Waals surface area contributed by atoms with Crippen LogP contribution in [-0.4, -0.2) is 0 Å². The van der Waals surface area contributed by atoms with Gasteiger partial charge in [-0.2, -0.15) is 0 Å². The van der Waals surface area contributed by atoms with Gasteiger partial charge < -0.3 is 5.73 Å². The van der Waals surface area contributed by atoms with E-state index in [9.17, 15) is 4.39 Å². The monoisotopic (exact) mass is 435 g/mol. The van der Waals surface area contributed by atoms with Crippen molar-refractivity contribution >= 4 is 47.8 Å². The lowest BCUT2D eigenvalue weighted by atomic mass is 9.99. The zero-order valence-electron chi connectivity index (χ0n) is 9.13. The highest BCUT2D eigenvalue weighted by molar-refractivity contribution is 9.11. The summed E-state index contributed by atoms with van der Waals surface area (Å²) < 4.78 is 16.2. The third-order valence-corrected chi connectivity index (χ3v) is 4.44. The van der Waals surface area contributed by atoms with Gasteiger partial charge in [-0.1, -0.05) is 44.0 Å². The molecule has 0 aliphatic rings. The Hall–Kier alpha value is -0.230. The Morgan fingerprint density at radius 1 is 0.944 bits per heavy atom. The molecule has 0 spiro atoms. The number of rotatable bonds is 2. The van der Waals surface area contributed by atoms with E-state index in [-0.39, 0.29) is 5.82 Å². The normalized spacial score (nSPS) is 12.5. The number of benzene rings is 2. The molecule has 2 N–H and O–H groups in total. The highest BCUT2D eigenvalue weighted by Gasteiger charge is 2.17. The summed E-state index contributed by atoms with van der Waals surface area (Å²) in [5, 5.41) is 0. The lowest BCUT2D eigenvalue weighted by Crippen LogP contribution is -2.14. The molecule has 0 heterocycles. The summed E-state index contributed by atoms with van der Waals surface area (Å²) in [5.41, 5.74) is 7.44. The molecule has 18 heavy (non-hydrogen) atoms. The molecule has 2 rings (SSSR count). The lowest BCUT2D eigenvalue weighted by Gasteiger charge is -2.16. The van der Waals surface area contributed by atoms with Gasteiger partial charge in [-0.05, 0) is 45.8 Å². The van der Waals surface area contributed by atoms with Crippen LogP contribution in [0.1, 0.15) is 17.2 Å². The Labute approximate surface area is 130 Å². The van der Waals surface area contributed by atoms with Crippen molar-refractivity contribution in [1.82, 2.24) is 0 Å². The first-order chi connectivity index (χ1) is 8.50. The van der Waals surface area contributed by atoms with Crippen LogP contribution in [0.25, 0.3) is 0 Å². The first-order valence-corrected chi connectivity index (χ1v) is 7.53. The molecule has 0 bridgehead atoms. The van der Waals surface area contributed by atoms with E-state index < -0.39 is 6.04 Å². The molecule has 1 unspecified atom stereocenters. The highest BCUT2D eigenvalue weighted by Crippen LogP contribution is 2.32. The number of nitrogens with two attached hydrogens (primary N) is 1. The van der Waals surface area contributed by atoms with Crippen LogP contribution in [0, 0.1) is 5.82 Å². The molecule has 0 saturated heterocycles. The third kappa shape index (κ3) is 2.85. The molecule has 0 aliphatic carbocycles. The molecular weight excluding hydrogens is 429 g/mol. The zero-order chi connectivity index (χ0) is 13.3. The average Bonchev–Trinajstić information content (AvgIpc) is 2.35. The predicted molar refractivity (Wildman–Crippen MR) is 82.0 cm³/mol. The van der Waals surface area contributed by atoms with Gasteiger partial charge in [0.25, 0.3) is 0 Å². The van der Waals surface area contributed by atoms with Gasteiger partial charge in [-0.25, -0.2) is 4.39 Å². The van der Waals surface area contributed by atoms with E-state index >= 15 is 0 Å². The fraction of sp³-hybridized carbons (Fsp3) is 0.0769. The van der Waals surface area contributed by atoms with Crippen molar-refractivity contribution in [3.63, 3.8) is 0 Å². The van der Waals surface area contributed by atoms with Gasteiger partial charge in [0.1, 0.15) is 5.82 Å². The summed E-state index contributed by atoms with van der Waals surface area (Å²) in [6, 6.07) is 10.3. The molecule has 2 aromatic rings. The Balaban J connectivity index is 2.51. The Bertz CT molecular complexity index is 584. The second-order valence-corrected chi connectivity index (χ2v) is 6.41. The molecular formula is C13H9Br3FN. The van der Waals surface area contributed by atoms with E-state index in [0.29, 0.717) is 10.0 Å². The topological polar surface area (TPSA) is 26.0 Å². The fourth-order valence-electron chi connectivity index (χ4n) is 1.68. The van der Waals surface area contributed by atoms with Crippen molar-refractivity contribution < 1.29 is 4.39 Å². The number of hydrogen-bond donors (Lipinski definition) is 1. The van der Waals surface area contributed by atoms with E-state index in [1.54, 1.807) is 18.2 Å². The molecule has 0 amide bonds. The summed E-state index contributed by atoms with van der Waals surface area (Å²) in [7, 11) is 0. The van der Waals surface area contributed by atoms with Gasteiger partial charge in [0.2, 0.25) is 0 Å². The van der Waals surface area contributed by atoms with E-state index in [1.165, 1.54) is 0 Å². The number of hydrogen-bond acceptors (Lipinski definition) is 1. The molecule has 1 nitrogen and oxygen atoms in total. The van der Waals surface area contributed by atoms with E-state index in [1.807, 2.05) is 18.2 Å². The van der Waals surface area contributed by atoms with Crippen LogP contribution < -0.4 is 5.73 Å². The van der Waals surface area contributed by atoms with E-state index in [4.69, 9.17) is 5.73 Å². The molecule has 0 saturated carbocycles. The molecule has 0 fully saturated rings. The van der Waals surface area contributed by atoms with Crippen LogP contribution in [0.3, 0.4) is 0 Å². The third-order valence-electron chi connectivity index (χ3n) is 2.61. The minimum Gasteiger partial charge on any atom is -0.320 e. The van der Waals surface area contributed by atoms with E-state index in [2.05, 4.69) is 47.8 Å². The highest BCUT2D eigenvalue weighted by atomic mass is 79.9. The van der Waals surface area contributed by atoms with Gasteiger partial charge in [-0.3, -0.25) is 0 Å². The van der Waals surface area contributed by atoms with Gasteiger partial charge in [0, 0.05) is 14.5 Å². The predicted octanol–water partition coefficient (Wildman–Crippen LogP) is 5.16. The van der Waals surface area contributed by atoms with Crippen LogP contribution in [-0.2, 0) is 0 Å². The van der Waals surface area contributed by atoms with Crippen LogP contribution in [0.4, 0.5) is 4.39 Å². The standard InChI is InChI=1S/C13H9Br3FN/c14-7-4-5-10(15)9(6-7)13(18)8-2-1-3-11(16)12(8)17/h1-6,13H,18H2. The summed E-state index contributed by atoms with van der Waals surface area (Å²) in [6.45, 7) is 0. The van der Waals surface area contributed by atoms with E-state index in [0.717, 1.165) is 14.5 Å². The van der Waals surface area contributed by atoms with Crippen LogP contribution in [0.5, 0.6) is 0 Å². The maximum absolute atomic E-state index is 14.0. The van der Waals surface area contributed by atoms with Gasteiger partial charge in [0.05, 0.1) is 10.5 Å². The molecule has 0 radical (unpaired) electrons. The lowest BCUT2D eigenvalue weighted by molar-refractivity contribution is 0.593. The van der Waals surface area contributed by atoms with Crippen LogP contribution >= 0.6 is 47.8 Å². The molecule has 0 aliphatic heterocycles. The molecule has 94 valence electrons. The van der Waals surface area contributed by atoms with Crippen molar-refractivity contribution in [3.8, 4) is 0 Å². The quantitative estimate of drug-likeness (QED) is 0.689. The Morgan fingerprint density at radius 3 is 2.39 bits per heavy atom. The smallest absolute Gasteiger partial charge is 0.142 e. The van der Waals surface area contributed by atoms with Crippen molar-refractivity contribution in [2.45, 2.75) is 6.04 Å². The summed E-state index contributed by atoms with van der Waals surface area (Å²) in [5.74, 6) is -0.322. The molecule has 1 atom stereocenters.